The van der Waals surface area contributed by atoms with Crippen molar-refractivity contribution in [2.24, 2.45) is 5.92 Å². The van der Waals surface area contributed by atoms with E-state index in [0.29, 0.717) is 5.54 Å². The van der Waals surface area contributed by atoms with E-state index in [1.807, 2.05) is 0 Å². The van der Waals surface area contributed by atoms with Crippen LogP contribution in [0.1, 0.15) is 27.2 Å². The molecule has 0 bridgehead atoms. The van der Waals surface area contributed by atoms with Crippen LogP contribution in [0.5, 0.6) is 0 Å². The first-order chi connectivity index (χ1) is 5.06. The molecule has 0 aliphatic carbocycles. The SMILES string of the molecule is CC1CN(CCO)C(C)(C)C1. The predicted molar refractivity (Wildman–Crippen MR) is 46.5 cm³/mol. The van der Waals surface area contributed by atoms with Crippen LogP contribution in [0.2, 0.25) is 0 Å². The maximum atomic E-state index is 8.80. The molecule has 1 heterocycles. The molecule has 0 saturated carbocycles. The molecule has 1 aliphatic heterocycles. The van der Waals surface area contributed by atoms with Gasteiger partial charge >= 0.3 is 0 Å². The molecule has 2 heteroatoms. The largest absolute Gasteiger partial charge is 0.395 e. The fourth-order valence-corrected chi connectivity index (χ4v) is 2.18. The molecule has 1 rings (SSSR count). The highest BCUT2D eigenvalue weighted by Crippen LogP contribution is 2.31. The first-order valence-corrected chi connectivity index (χ1v) is 4.42. The van der Waals surface area contributed by atoms with Crippen LogP contribution >= 0.6 is 0 Å². The molecule has 1 N–H and O–H groups in total. The molecule has 0 spiro atoms. The number of aliphatic hydroxyl groups is 1. The molecule has 0 amide bonds. The Labute approximate surface area is 69.2 Å². The second-order valence-corrected chi connectivity index (χ2v) is 4.29. The molecule has 0 aromatic rings. The Morgan fingerprint density at radius 3 is 2.55 bits per heavy atom. The zero-order valence-electron chi connectivity index (χ0n) is 7.80. The maximum absolute atomic E-state index is 8.80. The molecular weight excluding hydrogens is 138 g/mol. The lowest BCUT2D eigenvalue weighted by Gasteiger charge is -2.30. The van der Waals surface area contributed by atoms with E-state index in [0.717, 1.165) is 19.0 Å². The summed E-state index contributed by atoms with van der Waals surface area (Å²) in [6, 6.07) is 0. The van der Waals surface area contributed by atoms with E-state index in [1.54, 1.807) is 0 Å². The van der Waals surface area contributed by atoms with E-state index >= 15 is 0 Å². The second-order valence-electron chi connectivity index (χ2n) is 4.29. The Balaban J connectivity index is 2.51. The molecule has 2 nitrogen and oxygen atoms in total. The van der Waals surface area contributed by atoms with Crippen molar-refractivity contribution in [3.8, 4) is 0 Å². The van der Waals surface area contributed by atoms with Crippen molar-refractivity contribution in [3.05, 3.63) is 0 Å². The highest BCUT2D eigenvalue weighted by molar-refractivity contribution is 4.90. The predicted octanol–water partition coefficient (Wildman–Crippen LogP) is 1.10. The molecule has 0 aromatic heterocycles. The summed E-state index contributed by atoms with van der Waals surface area (Å²) in [5.74, 6) is 0.788. The molecule has 1 aliphatic rings. The van der Waals surface area contributed by atoms with Gasteiger partial charge in [-0.2, -0.15) is 0 Å². The van der Waals surface area contributed by atoms with E-state index in [-0.39, 0.29) is 6.61 Å². The Morgan fingerprint density at radius 1 is 1.55 bits per heavy atom. The molecule has 0 aromatic carbocycles. The molecule has 1 unspecified atom stereocenters. The van der Waals surface area contributed by atoms with Crippen molar-refractivity contribution >= 4 is 0 Å². The van der Waals surface area contributed by atoms with Crippen LogP contribution in [-0.4, -0.2) is 35.2 Å². The van der Waals surface area contributed by atoms with E-state index < -0.39 is 0 Å². The van der Waals surface area contributed by atoms with Crippen LogP contribution in [-0.2, 0) is 0 Å². The molecular formula is C9H19NO. The van der Waals surface area contributed by atoms with Gasteiger partial charge in [0.15, 0.2) is 0 Å². The molecule has 66 valence electrons. The van der Waals surface area contributed by atoms with Crippen LogP contribution in [0.4, 0.5) is 0 Å². The van der Waals surface area contributed by atoms with Gasteiger partial charge in [-0.1, -0.05) is 6.92 Å². The van der Waals surface area contributed by atoms with Gasteiger partial charge in [0.1, 0.15) is 0 Å². The van der Waals surface area contributed by atoms with Gasteiger partial charge in [-0.25, -0.2) is 0 Å². The van der Waals surface area contributed by atoms with E-state index in [4.69, 9.17) is 5.11 Å². The normalized spacial score (nSPS) is 31.1. The lowest BCUT2D eigenvalue weighted by molar-refractivity contribution is 0.135. The Morgan fingerprint density at radius 2 is 2.18 bits per heavy atom. The Bertz CT molecular complexity index is 134. The lowest BCUT2D eigenvalue weighted by Crippen LogP contribution is -2.39. The van der Waals surface area contributed by atoms with E-state index in [2.05, 4.69) is 25.7 Å². The van der Waals surface area contributed by atoms with Crippen molar-refractivity contribution < 1.29 is 5.11 Å². The van der Waals surface area contributed by atoms with E-state index in [1.165, 1.54) is 6.42 Å². The van der Waals surface area contributed by atoms with Gasteiger partial charge in [0, 0.05) is 18.6 Å². The molecule has 1 fully saturated rings. The maximum Gasteiger partial charge on any atom is 0.0558 e. The topological polar surface area (TPSA) is 23.5 Å². The van der Waals surface area contributed by atoms with Crippen molar-refractivity contribution in [1.82, 2.24) is 4.90 Å². The summed E-state index contributed by atoms with van der Waals surface area (Å²) < 4.78 is 0. The van der Waals surface area contributed by atoms with Gasteiger partial charge in [-0.15, -0.1) is 0 Å². The molecule has 1 atom stereocenters. The van der Waals surface area contributed by atoms with Crippen LogP contribution in [0.3, 0.4) is 0 Å². The van der Waals surface area contributed by atoms with Gasteiger partial charge in [0.25, 0.3) is 0 Å². The Kier molecular flexibility index (Phi) is 2.55. The standard InChI is InChI=1S/C9H19NO/c1-8-6-9(2,3)10(7-8)4-5-11/h8,11H,4-7H2,1-3H3. The minimum Gasteiger partial charge on any atom is -0.395 e. The fraction of sp³-hybridized carbons (Fsp3) is 1.00. The fourth-order valence-electron chi connectivity index (χ4n) is 2.18. The minimum absolute atomic E-state index is 0.288. The van der Waals surface area contributed by atoms with Gasteiger partial charge in [0.05, 0.1) is 6.61 Å². The van der Waals surface area contributed by atoms with Crippen molar-refractivity contribution in [2.75, 3.05) is 19.7 Å². The number of hydrogen-bond donors (Lipinski definition) is 1. The number of nitrogens with zero attached hydrogens (tertiary/aromatic N) is 1. The lowest BCUT2D eigenvalue weighted by atomic mass is 9.98. The first kappa shape index (κ1) is 9.01. The van der Waals surface area contributed by atoms with Crippen LogP contribution < -0.4 is 0 Å². The van der Waals surface area contributed by atoms with Crippen molar-refractivity contribution in [1.29, 1.82) is 0 Å². The summed E-state index contributed by atoms with van der Waals surface area (Å²) in [5.41, 5.74) is 0.308. The molecule has 0 radical (unpaired) electrons. The Hall–Kier alpha value is -0.0800. The van der Waals surface area contributed by atoms with Gasteiger partial charge in [-0.3, -0.25) is 4.90 Å². The average Bonchev–Trinajstić information content (AvgIpc) is 2.07. The quantitative estimate of drug-likeness (QED) is 0.649. The molecule has 1 saturated heterocycles. The minimum atomic E-state index is 0.288. The zero-order valence-corrected chi connectivity index (χ0v) is 7.80. The van der Waals surface area contributed by atoms with E-state index in [9.17, 15) is 0 Å². The smallest absolute Gasteiger partial charge is 0.0558 e. The van der Waals surface area contributed by atoms with Gasteiger partial charge < -0.3 is 5.11 Å². The number of rotatable bonds is 2. The summed E-state index contributed by atoms with van der Waals surface area (Å²) in [5, 5.41) is 8.80. The summed E-state index contributed by atoms with van der Waals surface area (Å²) in [4.78, 5) is 2.37. The summed E-state index contributed by atoms with van der Waals surface area (Å²) in [7, 11) is 0. The summed E-state index contributed by atoms with van der Waals surface area (Å²) in [6.45, 7) is 9.05. The molecule has 11 heavy (non-hydrogen) atoms. The van der Waals surface area contributed by atoms with Crippen LogP contribution in [0, 0.1) is 5.92 Å². The summed E-state index contributed by atoms with van der Waals surface area (Å²) in [6.07, 6.45) is 1.26. The number of hydrogen-bond acceptors (Lipinski definition) is 2. The average molecular weight is 157 g/mol. The summed E-state index contributed by atoms with van der Waals surface area (Å²) >= 11 is 0. The highest BCUT2D eigenvalue weighted by Gasteiger charge is 2.35. The van der Waals surface area contributed by atoms with Crippen LogP contribution in [0.25, 0.3) is 0 Å². The second kappa shape index (κ2) is 3.11. The number of aliphatic hydroxyl groups excluding tert-OH is 1. The third kappa shape index (κ3) is 1.94. The van der Waals surface area contributed by atoms with Crippen molar-refractivity contribution in [2.45, 2.75) is 32.7 Å². The third-order valence-corrected chi connectivity index (χ3v) is 2.61. The number of likely N-dealkylation sites (tertiary alicyclic amines) is 1. The highest BCUT2D eigenvalue weighted by atomic mass is 16.3. The van der Waals surface area contributed by atoms with Gasteiger partial charge in [0.2, 0.25) is 0 Å². The van der Waals surface area contributed by atoms with Crippen molar-refractivity contribution in [3.63, 3.8) is 0 Å². The number of β-amino-alcohol motifs (C(OH)–C–C–N with tert-alkyl or cyclic N) is 1. The zero-order chi connectivity index (χ0) is 8.48. The first-order valence-electron chi connectivity index (χ1n) is 4.42. The monoisotopic (exact) mass is 157 g/mol. The van der Waals surface area contributed by atoms with Crippen LogP contribution in [0.15, 0.2) is 0 Å². The van der Waals surface area contributed by atoms with Gasteiger partial charge in [-0.05, 0) is 26.2 Å². The third-order valence-electron chi connectivity index (χ3n) is 2.61.